The Kier molecular flexibility index (Phi) is 5.39. The lowest BCUT2D eigenvalue weighted by Gasteiger charge is -2.36. The standard InChI is InChI=1S/C22H24FN3O2/c1-28-12-10-19-7-2-3-11-25(19)22(27)17-6-4-5-16(13-17)20-14-24-21-9-8-18(23)15-26(20)21/h4-6,8-9,13-15,19H,2-3,7,10-12H2,1H3. The predicted octanol–water partition coefficient (Wildman–Crippen LogP) is 4.17. The van der Waals surface area contributed by atoms with E-state index in [0.717, 1.165) is 43.5 Å². The molecular formula is C22H24FN3O2. The van der Waals surface area contributed by atoms with E-state index in [-0.39, 0.29) is 17.8 Å². The number of amides is 1. The Morgan fingerprint density at radius 2 is 2.18 bits per heavy atom. The van der Waals surface area contributed by atoms with Crippen LogP contribution in [0.25, 0.3) is 16.9 Å². The van der Waals surface area contributed by atoms with Crippen molar-refractivity contribution in [3.05, 3.63) is 60.2 Å². The fourth-order valence-electron chi connectivity index (χ4n) is 3.97. The topological polar surface area (TPSA) is 46.8 Å². The molecule has 0 spiro atoms. The summed E-state index contributed by atoms with van der Waals surface area (Å²) in [6.07, 6.45) is 7.17. The Morgan fingerprint density at radius 3 is 3.04 bits per heavy atom. The van der Waals surface area contributed by atoms with Gasteiger partial charge in [0, 0.05) is 43.6 Å². The van der Waals surface area contributed by atoms with Crippen LogP contribution in [0.1, 0.15) is 36.0 Å². The number of benzene rings is 1. The van der Waals surface area contributed by atoms with Crippen LogP contribution >= 0.6 is 0 Å². The molecular weight excluding hydrogens is 357 g/mol. The first-order chi connectivity index (χ1) is 13.7. The smallest absolute Gasteiger partial charge is 0.254 e. The lowest BCUT2D eigenvalue weighted by atomic mass is 9.98. The highest BCUT2D eigenvalue weighted by Gasteiger charge is 2.27. The summed E-state index contributed by atoms with van der Waals surface area (Å²) in [6, 6.07) is 10.8. The summed E-state index contributed by atoms with van der Waals surface area (Å²) in [5, 5.41) is 0. The Balaban J connectivity index is 1.64. The highest BCUT2D eigenvalue weighted by molar-refractivity contribution is 5.95. The van der Waals surface area contributed by atoms with E-state index in [0.29, 0.717) is 17.8 Å². The van der Waals surface area contributed by atoms with Gasteiger partial charge >= 0.3 is 0 Å². The van der Waals surface area contributed by atoms with Gasteiger partial charge in [-0.25, -0.2) is 9.37 Å². The summed E-state index contributed by atoms with van der Waals surface area (Å²) < 4.78 is 20.6. The SMILES string of the molecule is COCCC1CCCCN1C(=O)c1cccc(-c2cnc3ccc(F)cn23)c1. The molecule has 0 bridgehead atoms. The maximum absolute atomic E-state index is 13.7. The number of pyridine rings is 1. The van der Waals surface area contributed by atoms with Crippen LogP contribution in [0.3, 0.4) is 0 Å². The number of hydrogen-bond acceptors (Lipinski definition) is 3. The molecule has 1 aliphatic rings. The molecule has 1 aromatic carbocycles. The molecule has 0 radical (unpaired) electrons. The molecule has 1 amide bonds. The van der Waals surface area contributed by atoms with E-state index < -0.39 is 0 Å². The van der Waals surface area contributed by atoms with Gasteiger partial charge in [0.05, 0.1) is 11.9 Å². The van der Waals surface area contributed by atoms with Crippen molar-refractivity contribution < 1.29 is 13.9 Å². The summed E-state index contributed by atoms with van der Waals surface area (Å²) in [5.41, 5.74) is 2.92. The number of nitrogens with zero attached hydrogens (tertiary/aromatic N) is 3. The molecule has 1 aliphatic heterocycles. The molecule has 3 aromatic rings. The van der Waals surface area contributed by atoms with Crippen LogP contribution < -0.4 is 0 Å². The minimum Gasteiger partial charge on any atom is -0.385 e. The zero-order valence-electron chi connectivity index (χ0n) is 16.0. The second kappa shape index (κ2) is 8.10. The zero-order chi connectivity index (χ0) is 19.5. The van der Waals surface area contributed by atoms with Gasteiger partial charge < -0.3 is 9.64 Å². The van der Waals surface area contributed by atoms with Gasteiger partial charge in [-0.1, -0.05) is 12.1 Å². The number of carbonyl (C=O) groups is 1. The number of carbonyl (C=O) groups excluding carboxylic acids is 1. The van der Waals surface area contributed by atoms with E-state index in [1.165, 1.54) is 12.3 Å². The quantitative estimate of drug-likeness (QED) is 0.666. The fourth-order valence-corrected chi connectivity index (χ4v) is 3.97. The lowest BCUT2D eigenvalue weighted by molar-refractivity contribution is 0.0553. The van der Waals surface area contributed by atoms with Crippen LogP contribution in [-0.4, -0.2) is 46.5 Å². The van der Waals surface area contributed by atoms with Gasteiger partial charge in [0.1, 0.15) is 11.5 Å². The van der Waals surface area contributed by atoms with Crippen molar-refractivity contribution >= 4 is 11.6 Å². The van der Waals surface area contributed by atoms with Crippen molar-refractivity contribution in [3.8, 4) is 11.3 Å². The van der Waals surface area contributed by atoms with Crippen molar-refractivity contribution in [3.63, 3.8) is 0 Å². The average Bonchev–Trinajstić information content (AvgIpc) is 3.15. The van der Waals surface area contributed by atoms with Gasteiger partial charge in [0.15, 0.2) is 0 Å². The number of likely N-dealkylation sites (tertiary alicyclic amines) is 1. The van der Waals surface area contributed by atoms with Gasteiger partial charge in [-0.05, 0) is 49.9 Å². The molecule has 0 saturated carbocycles. The van der Waals surface area contributed by atoms with Crippen molar-refractivity contribution in [1.82, 2.24) is 14.3 Å². The van der Waals surface area contributed by atoms with Crippen LogP contribution in [0.4, 0.5) is 4.39 Å². The van der Waals surface area contributed by atoms with Crippen molar-refractivity contribution in [2.24, 2.45) is 0 Å². The molecule has 3 heterocycles. The molecule has 1 saturated heterocycles. The summed E-state index contributed by atoms with van der Waals surface area (Å²) >= 11 is 0. The number of aromatic nitrogens is 2. The predicted molar refractivity (Wildman–Crippen MR) is 106 cm³/mol. The van der Waals surface area contributed by atoms with E-state index in [9.17, 15) is 9.18 Å². The van der Waals surface area contributed by atoms with E-state index in [4.69, 9.17) is 4.74 Å². The van der Waals surface area contributed by atoms with Gasteiger partial charge in [-0.15, -0.1) is 0 Å². The number of piperidine rings is 1. The van der Waals surface area contributed by atoms with E-state index in [1.807, 2.05) is 29.2 Å². The van der Waals surface area contributed by atoms with E-state index in [2.05, 4.69) is 4.98 Å². The molecule has 28 heavy (non-hydrogen) atoms. The summed E-state index contributed by atoms with van der Waals surface area (Å²) in [7, 11) is 1.69. The van der Waals surface area contributed by atoms with Crippen LogP contribution in [-0.2, 0) is 4.74 Å². The number of halogens is 1. The first kappa shape index (κ1) is 18.6. The number of fused-ring (bicyclic) bond motifs is 1. The lowest BCUT2D eigenvalue weighted by Crippen LogP contribution is -2.44. The highest BCUT2D eigenvalue weighted by atomic mass is 19.1. The van der Waals surface area contributed by atoms with Gasteiger partial charge in [-0.3, -0.25) is 9.20 Å². The summed E-state index contributed by atoms with van der Waals surface area (Å²) in [4.78, 5) is 19.5. The van der Waals surface area contributed by atoms with E-state index >= 15 is 0 Å². The number of hydrogen-bond donors (Lipinski definition) is 0. The molecule has 2 aromatic heterocycles. The summed E-state index contributed by atoms with van der Waals surface area (Å²) in [6.45, 7) is 1.43. The van der Waals surface area contributed by atoms with Crippen molar-refractivity contribution in [2.75, 3.05) is 20.3 Å². The second-order valence-electron chi connectivity index (χ2n) is 7.23. The first-order valence-electron chi connectivity index (χ1n) is 9.70. The van der Waals surface area contributed by atoms with Crippen LogP contribution in [0.5, 0.6) is 0 Å². The second-order valence-corrected chi connectivity index (χ2v) is 7.23. The fraction of sp³-hybridized carbons (Fsp3) is 0.364. The maximum atomic E-state index is 13.7. The Morgan fingerprint density at radius 1 is 1.29 bits per heavy atom. The molecule has 6 heteroatoms. The zero-order valence-corrected chi connectivity index (χ0v) is 16.0. The Bertz CT molecular complexity index is 985. The number of methoxy groups -OCH3 is 1. The molecule has 0 N–H and O–H groups in total. The van der Waals surface area contributed by atoms with Crippen LogP contribution in [0.15, 0.2) is 48.8 Å². The first-order valence-corrected chi connectivity index (χ1v) is 9.70. The molecule has 1 atom stereocenters. The monoisotopic (exact) mass is 381 g/mol. The maximum Gasteiger partial charge on any atom is 0.254 e. The van der Waals surface area contributed by atoms with Gasteiger partial charge in [-0.2, -0.15) is 0 Å². The molecule has 4 rings (SSSR count). The molecule has 5 nitrogen and oxygen atoms in total. The summed E-state index contributed by atoms with van der Waals surface area (Å²) in [5.74, 6) is -0.282. The molecule has 0 aliphatic carbocycles. The third kappa shape index (κ3) is 3.64. The number of ether oxygens (including phenoxy) is 1. The highest BCUT2D eigenvalue weighted by Crippen LogP contribution is 2.26. The third-order valence-corrected chi connectivity index (χ3v) is 5.42. The number of imidazole rings is 1. The molecule has 146 valence electrons. The van der Waals surface area contributed by atoms with Crippen LogP contribution in [0, 0.1) is 5.82 Å². The van der Waals surface area contributed by atoms with Gasteiger partial charge in [0.25, 0.3) is 5.91 Å². The normalized spacial score (nSPS) is 17.2. The third-order valence-electron chi connectivity index (χ3n) is 5.42. The minimum atomic E-state index is -0.326. The van der Waals surface area contributed by atoms with E-state index in [1.54, 1.807) is 23.8 Å². The molecule has 1 fully saturated rings. The minimum absolute atomic E-state index is 0.0441. The van der Waals surface area contributed by atoms with Crippen molar-refractivity contribution in [1.29, 1.82) is 0 Å². The Hall–Kier alpha value is -2.73. The Labute approximate surface area is 163 Å². The number of rotatable bonds is 5. The van der Waals surface area contributed by atoms with Crippen molar-refractivity contribution in [2.45, 2.75) is 31.7 Å². The van der Waals surface area contributed by atoms with Gasteiger partial charge in [0.2, 0.25) is 0 Å². The largest absolute Gasteiger partial charge is 0.385 e. The van der Waals surface area contributed by atoms with Crippen LogP contribution in [0.2, 0.25) is 0 Å². The average molecular weight is 381 g/mol. The molecule has 1 unspecified atom stereocenters.